The molecule has 0 atom stereocenters. The standard InChI is InChI=1S/C28H34ClN3O.C3H8O/c1-4-7-8-9-10-14-27(33)26-19-21-16-20(18-23(29)28(21)32-26)17-22-12-11-13-25(31-22)24(6-3)30-15-5-2;1-2-3-4/h6,11-13,15-16,18-19,32H,4-5,7-10,14,17H2,1-3H3;4H,2-3H2,1H3/b24-6-,30-15?;. The van der Waals surface area contributed by atoms with Crippen molar-refractivity contribution < 1.29 is 9.90 Å². The van der Waals surface area contributed by atoms with E-state index in [1.165, 1.54) is 19.3 Å². The van der Waals surface area contributed by atoms with Gasteiger partial charge in [0.05, 0.1) is 27.6 Å². The number of carbonyl (C=O) groups excluding carboxylic acids is 1. The number of Topliss-reactive ketones (excluding diaryl/α,β-unsaturated/α-hetero) is 1. The van der Waals surface area contributed by atoms with Gasteiger partial charge in [0.1, 0.15) is 0 Å². The molecular formula is C31H42ClN3O2. The monoisotopic (exact) mass is 523 g/mol. The predicted octanol–water partition coefficient (Wildman–Crippen LogP) is 8.58. The van der Waals surface area contributed by atoms with E-state index in [1.54, 1.807) is 0 Å². The summed E-state index contributed by atoms with van der Waals surface area (Å²) in [6.07, 6.45) is 12.5. The maximum absolute atomic E-state index is 12.6. The van der Waals surface area contributed by atoms with Crippen LogP contribution in [0.3, 0.4) is 0 Å². The molecule has 0 saturated heterocycles. The first kappa shape index (κ1) is 30.5. The molecule has 0 bridgehead atoms. The Kier molecular flexibility index (Phi) is 13.9. The van der Waals surface area contributed by atoms with Crippen molar-refractivity contribution in [3.8, 4) is 0 Å². The molecule has 2 N–H and O–H groups in total. The Balaban J connectivity index is 0.00000112. The highest BCUT2D eigenvalue weighted by Crippen LogP contribution is 2.28. The molecule has 37 heavy (non-hydrogen) atoms. The lowest BCUT2D eigenvalue weighted by Gasteiger charge is -2.06. The smallest absolute Gasteiger partial charge is 0.179 e. The highest BCUT2D eigenvalue weighted by molar-refractivity contribution is 6.35. The van der Waals surface area contributed by atoms with Crippen LogP contribution in [0.15, 0.2) is 47.5 Å². The number of aromatic amines is 1. The number of pyridine rings is 1. The van der Waals surface area contributed by atoms with Crippen LogP contribution in [-0.2, 0) is 6.42 Å². The summed E-state index contributed by atoms with van der Waals surface area (Å²) in [5, 5.41) is 9.46. The number of aliphatic hydroxyl groups is 1. The van der Waals surface area contributed by atoms with Gasteiger partial charge in [0.15, 0.2) is 5.78 Å². The third-order valence-electron chi connectivity index (χ3n) is 5.91. The number of hydrogen-bond acceptors (Lipinski definition) is 4. The van der Waals surface area contributed by atoms with Crippen LogP contribution >= 0.6 is 11.6 Å². The first-order valence-corrected chi connectivity index (χ1v) is 13.9. The summed E-state index contributed by atoms with van der Waals surface area (Å²) in [6, 6.07) is 12.0. The first-order chi connectivity index (χ1) is 18.0. The third-order valence-corrected chi connectivity index (χ3v) is 6.21. The van der Waals surface area contributed by atoms with Gasteiger partial charge in [-0.05, 0) is 62.1 Å². The molecule has 0 saturated carbocycles. The van der Waals surface area contributed by atoms with Crippen LogP contribution in [0, 0.1) is 0 Å². The molecule has 3 aromatic rings. The van der Waals surface area contributed by atoms with Gasteiger partial charge in [0.25, 0.3) is 0 Å². The molecule has 0 spiro atoms. The molecule has 6 heteroatoms. The van der Waals surface area contributed by atoms with Gasteiger partial charge in [-0.3, -0.25) is 14.8 Å². The van der Waals surface area contributed by atoms with E-state index in [0.717, 1.165) is 59.2 Å². The van der Waals surface area contributed by atoms with Gasteiger partial charge < -0.3 is 10.1 Å². The molecule has 200 valence electrons. The average molecular weight is 524 g/mol. The lowest BCUT2D eigenvalue weighted by atomic mass is 10.1. The summed E-state index contributed by atoms with van der Waals surface area (Å²) in [7, 11) is 0. The van der Waals surface area contributed by atoms with Crippen LogP contribution in [0.25, 0.3) is 16.6 Å². The van der Waals surface area contributed by atoms with E-state index in [1.807, 2.05) is 56.5 Å². The number of allylic oxidation sites excluding steroid dienone is 1. The molecule has 2 aromatic heterocycles. The summed E-state index contributed by atoms with van der Waals surface area (Å²) in [4.78, 5) is 25.2. The molecule has 5 nitrogen and oxygen atoms in total. The van der Waals surface area contributed by atoms with E-state index in [2.05, 4.69) is 29.9 Å². The summed E-state index contributed by atoms with van der Waals surface area (Å²) in [5.74, 6) is 0.154. The molecule has 0 fully saturated rings. The second kappa shape index (κ2) is 16.9. The van der Waals surface area contributed by atoms with Crippen LogP contribution in [0.2, 0.25) is 5.02 Å². The molecule has 0 aliphatic carbocycles. The first-order valence-electron chi connectivity index (χ1n) is 13.6. The SMILES string of the molecule is C/C=C(\N=CCC)c1cccc(Cc2cc(Cl)c3[nH]c(C(=O)CCCCCCC)cc3c2)n1.CCCO. The van der Waals surface area contributed by atoms with Crippen molar-refractivity contribution in [2.75, 3.05) is 6.61 Å². The van der Waals surface area contributed by atoms with E-state index in [-0.39, 0.29) is 5.78 Å². The van der Waals surface area contributed by atoms with E-state index in [0.29, 0.717) is 30.2 Å². The minimum atomic E-state index is 0.154. The van der Waals surface area contributed by atoms with E-state index in [9.17, 15) is 4.79 Å². The number of benzene rings is 1. The van der Waals surface area contributed by atoms with Crippen molar-refractivity contribution in [3.63, 3.8) is 0 Å². The van der Waals surface area contributed by atoms with Crippen molar-refractivity contribution in [3.05, 3.63) is 70.1 Å². The Morgan fingerprint density at radius 1 is 1.08 bits per heavy atom. The van der Waals surface area contributed by atoms with Gasteiger partial charge in [0, 0.05) is 36.7 Å². The minimum absolute atomic E-state index is 0.154. The van der Waals surface area contributed by atoms with Crippen LogP contribution in [-0.4, -0.2) is 33.7 Å². The van der Waals surface area contributed by atoms with Gasteiger partial charge >= 0.3 is 0 Å². The number of aliphatic imine (C=N–C) groups is 1. The molecule has 0 amide bonds. The summed E-state index contributed by atoms with van der Waals surface area (Å²) in [6.45, 7) is 8.48. The Labute approximate surface area is 227 Å². The van der Waals surface area contributed by atoms with Crippen molar-refractivity contribution in [1.82, 2.24) is 9.97 Å². The third kappa shape index (κ3) is 9.90. The van der Waals surface area contributed by atoms with Crippen LogP contribution in [0.1, 0.15) is 107 Å². The number of nitrogens with one attached hydrogen (secondary N) is 1. The lowest BCUT2D eigenvalue weighted by Crippen LogP contribution is -1.99. The van der Waals surface area contributed by atoms with Crippen molar-refractivity contribution in [1.29, 1.82) is 0 Å². The maximum Gasteiger partial charge on any atom is 0.179 e. The fourth-order valence-electron chi connectivity index (χ4n) is 3.94. The predicted molar refractivity (Wildman–Crippen MR) is 158 cm³/mol. The molecule has 3 rings (SSSR count). The topological polar surface area (TPSA) is 78.3 Å². The zero-order valence-corrected chi connectivity index (χ0v) is 23.6. The van der Waals surface area contributed by atoms with Gasteiger partial charge in [-0.1, -0.05) is 70.2 Å². The number of ketones is 1. The average Bonchev–Trinajstić information content (AvgIpc) is 3.34. The number of aliphatic hydroxyl groups excluding tert-OH is 1. The second-order valence-corrected chi connectivity index (χ2v) is 9.53. The molecule has 0 radical (unpaired) electrons. The number of hydrogen-bond donors (Lipinski definition) is 2. The summed E-state index contributed by atoms with van der Waals surface area (Å²) < 4.78 is 0. The largest absolute Gasteiger partial charge is 0.396 e. The Hall–Kier alpha value is -2.76. The Morgan fingerprint density at radius 3 is 2.51 bits per heavy atom. The number of fused-ring (bicyclic) bond motifs is 1. The fourth-order valence-corrected chi connectivity index (χ4v) is 4.24. The second-order valence-electron chi connectivity index (χ2n) is 9.12. The number of unbranched alkanes of at least 4 members (excludes halogenated alkanes) is 4. The van der Waals surface area contributed by atoms with Crippen molar-refractivity contribution in [2.24, 2.45) is 4.99 Å². The molecule has 0 aliphatic rings. The van der Waals surface area contributed by atoms with Crippen LogP contribution < -0.4 is 0 Å². The Morgan fingerprint density at radius 2 is 1.84 bits per heavy atom. The highest BCUT2D eigenvalue weighted by Gasteiger charge is 2.13. The number of aromatic nitrogens is 2. The van der Waals surface area contributed by atoms with Gasteiger partial charge in [0.2, 0.25) is 0 Å². The molecule has 0 aliphatic heterocycles. The maximum atomic E-state index is 12.6. The van der Waals surface area contributed by atoms with Crippen molar-refractivity contribution >= 4 is 40.2 Å². The van der Waals surface area contributed by atoms with E-state index >= 15 is 0 Å². The zero-order valence-electron chi connectivity index (χ0n) is 22.8. The number of H-pyrrole nitrogens is 1. The summed E-state index contributed by atoms with van der Waals surface area (Å²) >= 11 is 6.58. The van der Waals surface area contributed by atoms with Crippen molar-refractivity contribution in [2.45, 2.75) is 85.5 Å². The highest BCUT2D eigenvalue weighted by atomic mass is 35.5. The van der Waals surface area contributed by atoms with Gasteiger partial charge in [-0.15, -0.1) is 0 Å². The number of carbonyl (C=O) groups is 1. The van der Waals surface area contributed by atoms with Crippen LogP contribution in [0.5, 0.6) is 0 Å². The van der Waals surface area contributed by atoms with Gasteiger partial charge in [-0.25, -0.2) is 0 Å². The summed E-state index contributed by atoms with van der Waals surface area (Å²) in [5.41, 5.74) is 5.21. The number of rotatable bonds is 13. The Bertz CT molecular complexity index is 1180. The molecule has 0 unspecified atom stereocenters. The molecule has 1 aromatic carbocycles. The van der Waals surface area contributed by atoms with E-state index in [4.69, 9.17) is 21.7 Å². The normalized spacial score (nSPS) is 11.7. The minimum Gasteiger partial charge on any atom is -0.396 e. The van der Waals surface area contributed by atoms with Crippen LogP contribution in [0.4, 0.5) is 0 Å². The van der Waals surface area contributed by atoms with E-state index < -0.39 is 0 Å². The van der Waals surface area contributed by atoms with Gasteiger partial charge in [-0.2, -0.15) is 0 Å². The fraction of sp³-hybridized carbons (Fsp3) is 0.452. The molecule has 2 heterocycles. The zero-order chi connectivity index (χ0) is 27.0. The number of nitrogens with zero attached hydrogens (tertiary/aromatic N) is 2. The number of halogens is 1. The lowest BCUT2D eigenvalue weighted by molar-refractivity contribution is 0.0975. The quantitative estimate of drug-likeness (QED) is 0.134. The molecular weight excluding hydrogens is 482 g/mol.